The van der Waals surface area contributed by atoms with Crippen LogP contribution in [0.3, 0.4) is 0 Å². The van der Waals surface area contributed by atoms with Crippen LogP contribution in [-0.2, 0) is 12.7 Å². The van der Waals surface area contributed by atoms with Gasteiger partial charge in [0.1, 0.15) is 11.3 Å². The van der Waals surface area contributed by atoms with Crippen molar-refractivity contribution >= 4 is 16.7 Å². The van der Waals surface area contributed by atoms with Crippen molar-refractivity contribution in [3.05, 3.63) is 35.5 Å². The lowest BCUT2D eigenvalue weighted by molar-refractivity contribution is -0.745. The summed E-state index contributed by atoms with van der Waals surface area (Å²) >= 11 is 0. The van der Waals surface area contributed by atoms with Gasteiger partial charge in [-0.25, -0.2) is 0 Å². The van der Waals surface area contributed by atoms with Gasteiger partial charge < -0.3 is 10.4 Å². The Balaban J connectivity index is 1.64. The largest absolute Gasteiger partial charge is 0.417 e. The summed E-state index contributed by atoms with van der Waals surface area (Å²) in [6, 6.07) is 4.66. The van der Waals surface area contributed by atoms with Crippen LogP contribution in [0.2, 0.25) is 0 Å². The summed E-state index contributed by atoms with van der Waals surface area (Å²) in [5, 5.41) is 24.4. The van der Waals surface area contributed by atoms with Crippen LogP contribution in [0.4, 0.5) is 19.0 Å². The third kappa shape index (κ3) is 4.56. The lowest BCUT2D eigenvalue weighted by Gasteiger charge is -2.32. The van der Waals surface area contributed by atoms with E-state index < -0.39 is 11.7 Å². The standard InChI is InChI=1S/C22H27F3N6O/c1-3-31-13-17-18(22(23,24)25)7-6-16(21(17)29-31)20-14(2)11-19(27-28-20)26-15-5-4-8-30(12-15)9-10-32/h6-7,11,13,15,32H,3-5,8-10,12H2,1-2H3,(H,26,27)/p+1/t15-/m1/s1. The summed E-state index contributed by atoms with van der Waals surface area (Å²) in [5.41, 5.74) is 1.68. The molecule has 32 heavy (non-hydrogen) atoms. The van der Waals surface area contributed by atoms with Gasteiger partial charge in [0.15, 0.2) is 6.54 Å². The number of nitrogens with zero attached hydrogens (tertiary/aromatic N) is 4. The molecule has 3 aromatic rings. The number of aryl methyl sites for hydroxylation is 2. The fraction of sp³-hybridized carbons (Fsp3) is 0.500. The maximum atomic E-state index is 13.5. The number of halogens is 3. The SMILES string of the molecule is CC[n+]1cc2c(C(F)(F)F)ccc(-c3nnc(N[C@@H]4CCCN(CCO)C4)cc3C)c2[nH]1. The molecule has 172 valence electrons. The Morgan fingerprint density at radius 2 is 2.12 bits per heavy atom. The van der Waals surface area contributed by atoms with Gasteiger partial charge in [-0.2, -0.15) is 18.3 Å². The Morgan fingerprint density at radius 1 is 1.31 bits per heavy atom. The van der Waals surface area contributed by atoms with Crippen LogP contribution < -0.4 is 10.00 Å². The summed E-state index contributed by atoms with van der Waals surface area (Å²) in [7, 11) is 0. The Labute approximate surface area is 184 Å². The van der Waals surface area contributed by atoms with Gasteiger partial charge >= 0.3 is 6.18 Å². The second-order valence-corrected chi connectivity index (χ2v) is 8.24. The van der Waals surface area contributed by atoms with Crippen molar-refractivity contribution in [2.24, 2.45) is 0 Å². The Kier molecular flexibility index (Phi) is 6.34. The number of alkyl halides is 3. The van der Waals surface area contributed by atoms with E-state index in [-0.39, 0.29) is 18.0 Å². The minimum atomic E-state index is -4.44. The Bertz CT molecular complexity index is 1100. The molecule has 0 aliphatic carbocycles. The normalized spacial score (nSPS) is 17.8. The molecule has 0 bridgehead atoms. The highest BCUT2D eigenvalue weighted by atomic mass is 19.4. The van der Waals surface area contributed by atoms with Gasteiger partial charge in [0.05, 0.1) is 23.3 Å². The van der Waals surface area contributed by atoms with Crippen LogP contribution >= 0.6 is 0 Å². The summed E-state index contributed by atoms with van der Waals surface area (Å²) in [6.07, 6.45) is -0.913. The van der Waals surface area contributed by atoms with Crippen molar-refractivity contribution in [2.75, 3.05) is 31.6 Å². The molecule has 0 spiro atoms. The number of hydrogen-bond acceptors (Lipinski definition) is 5. The first-order valence-corrected chi connectivity index (χ1v) is 10.9. The predicted octanol–water partition coefficient (Wildman–Crippen LogP) is 3.13. The Morgan fingerprint density at radius 3 is 2.81 bits per heavy atom. The van der Waals surface area contributed by atoms with Crippen molar-refractivity contribution in [1.82, 2.24) is 20.2 Å². The molecule has 1 saturated heterocycles. The van der Waals surface area contributed by atoms with Gasteiger partial charge in [-0.3, -0.25) is 4.90 Å². The topological polar surface area (TPSA) is 80.9 Å². The first-order valence-electron chi connectivity index (χ1n) is 10.9. The van der Waals surface area contributed by atoms with Crippen molar-refractivity contribution in [3.8, 4) is 11.3 Å². The number of aliphatic hydroxyl groups is 1. The zero-order valence-electron chi connectivity index (χ0n) is 18.2. The number of nitrogens with one attached hydrogen (secondary N) is 2. The van der Waals surface area contributed by atoms with E-state index in [1.54, 1.807) is 4.68 Å². The number of β-amino-alcohol motifs (C(OH)–C–C–N with tert-alkyl or cyclic N) is 1. The fourth-order valence-corrected chi connectivity index (χ4v) is 4.37. The highest BCUT2D eigenvalue weighted by Gasteiger charge is 2.35. The lowest BCUT2D eigenvalue weighted by atomic mass is 10.0. The molecule has 3 heterocycles. The summed E-state index contributed by atoms with van der Waals surface area (Å²) < 4.78 is 42.2. The van der Waals surface area contributed by atoms with Crippen LogP contribution in [0.15, 0.2) is 24.4 Å². The van der Waals surface area contributed by atoms with E-state index in [0.29, 0.717) is 35.7 Å². The summed E-state index contributed by atoms with van der Waals surface area (Å²) in [5.74, 6) is 0.639. The average Bonchev–Trinajstić information content (AvgIpc) is 3.18. The number of aliphatic hydroxyl groups excluding tert-OH is 1. The number of hydrogen-bond donors (Lipinski definition) is 3. The molecule has 0 unspecified atom stereocenters. The number of piperidine rings is 1. The molecule has 7 nitrogen and oxygen atoms in total. The molecule has 0 amide bonds. The van der Waals surface area contributed by atoms with E-state index in [2.05, 4.69) is 25.5 Å². The van der Waals surface area contributed by atoms with Crippen molar-refractivity contribution in [2.45, 2.75) is 45.5 Å². The van der Waals surface area contributed by atoms with Gasteiger partial charge in [0, 0.05) is 24.7 Å². The van der Waals surface area contributed by atoms with Crippen LogP contribution in [0.5, 0.6) is 0 Å². The Hall–Kier alpha value is -2.72. The third-order valence-corrected chi connectivity index (χ3v) is 5.95. The van der Waals surface area contributed by atoms with E-state index in [9.17, 15) is 18.3 Å². The third-order valence-electron chi connectivity index (χ3n) is 5.95. The number of H-pyrrole nitrogens is 1. The molecule has 10 heteroatoms. The highest BCUT2D eigenvalue weighted by molar-refractivity contribution is 5.94. The molecular formula is C22H28F3N6O+. The number of aromatic nitrogens is 4. The second-order valence-electron chi connectivity index (χ2n) is 8.24. The average molecular weight is 450 g/mol. The molecule has 1 fully saturated rings. The van der Waals surface area contributed by atoms with Crippen molar-refractivity contribution in [1.29, 1.82) is 0 Å². The monoisotopic (exact) mass is 449 g/mol. The molecule has 1 aliphatic rings. The maximum Gasteiger partial charge on any atom is 0.417 e. The van der Waals surface area contributed by atoms with E-state index >= 15 is 0 Å². The molecular weight excluding hydrogens is 421 g/mol. The predicted molar refractivity (Wildman–Crippen MR) is 115 cm³/mol. The van der Waals surface area contributed by atoms with Gasteiger partial charge in [-0.15, -0.1) is 14.9 Å². The lowest BCUT2D eigenvalue weighted by Crippen LogP contribution is -2.43. The van der Waals surface area contributed by atoms with Crippen LogP contribution in [0.25, 0.3) is 22.2 Å². The zero-order valence-corrected chi connectivity index (χ0v) is 18.2. The minimum absolute atomic E-state index is 0.117. The number of benzene rings is 1. The van der Waals surface area contributed by atoms with Crippen molar-refractivity contribution < 1.29 is 23.0 Å². The van der Waals surface area contributed by atoms with Gasteiger partial charge in [0.25, 0.3) is 0 Å². The molecule has 0 radical (unpaired) electrons. The van der Waals surface area contributed by atoms with E-state index in [4.69, 9.17) is 0 Å². The highest BCUT2D eigenvalue weighted by Crippen LogP contribution is 2.38. The van der Waals surface area contributed by atoms with Crippen molar-refractivity contribution in [3.63, 3.8) is 0 Å². The number of fused-ring (bicyclic) bond motifs is 1. The molecule has 3 N–H and O–H groups in total. The first kappa shape index (κ1) is 22.5. The summed E-state index contributed by atoms with van der Waals surface area (Å²) in [4.78, 5) is 2.21. The second kappa shape index (κ2) is 9.03. The van der Waals surface area contributed by atoms with Gasteiger partial charge in [-0.1, -0.05) is 0 Å². The van der Waals surface area contributed by atoms with Crippen LogP contribution in [0.1, 0.15) is 30.9 Å². The van der Waals surface area contributed by atoms with Gasteiger partial charge in [-0.05, 0) is 57.0 Å². The number of rotatable bonds is 6. The van der Waals surface area contributed by atoms with Crippen LogP contribution in [-0.4, -0.2) is 57.6 Å². The minimum Gasteiger partial charge on any atom is -0.395 e. The van der Waals surface area contributed by atoms with E-state index in [0.717, 1.165) is 37.6 Å². The molecule has 1 atom stereocenters. The molecule has 2 aromatic heterocycles. The molecule has 1 aliphatic heterocycles. The smallest absolute Gasteiger partial charge is 0.395 e. The number of aromatic amines is 1. The number of likely N-dealkylation sites (tertiary alicyclic amines) is 1. The molecule has 1 aromatic carbocycles. The fourth-order valence-electron chi connectivity index (χ4n) is 4.37. The first-order chi connectivity index (χ1) is 15.3. The van der Waals surface area contributed by atoms with E-state index in [1.165, 1.54) is 12.3 Å². The maximum absolute atomic E-state index is 13.5. The summed E-state index contributed by atoms with van der Waals surface area (Å²) in [6.45, 7) is 6.85. The van der Waals surface area contributed by atoms with E-state index in [1.807, 2.05) is 19.9 Å². The quantitative estimate of drug-likeness (QED) is 0.504. The van der Waals surface area contributed by atoms with Crippen LogP contribution in [0, 0.1) is 6.92 Å². The molecule has 4 rings (SSSR count). The zero-order chi connectivity index (χ0) is 22.9. The number of anilines is 1. The van der Waals surface area contributed by atoms with Gasteiger partial charge in [0.2, 0.25) is 6.20 Å². The molecule has 0 saturated carbocycles.